The van der Waals surface area contributed by atoms with Gasteiger partial charge in [-0.15, -0.1) is 0 Å². The van der Waals surface area contributed by atoms with Crippen LogP contribution in [-0.2, 0) is 0 Å². The fourth-order valence-corrected chi connectivity index (χ4v) is 4.40. The molecule has 2 atom stereocenters. The fourth-order valence-electron chi connectivity index (χ4n) is 2.96. The minimum absolute atomic E-state index is 0.317. The topological polar surface area (TPSA) is 29.3 Å². The molecule has 2 nitrogen and oxygen atoms in total. The second kappa shape index (κ2) is 3.94. The third kappa shape index (κ3) is 2.20. The first-order chi connectivity index (χ1) is 6.97. The summed E-state index contributed by atoms with van der Waals surface area (Å²) in [6.07, 6.45) is 2.61. The zero-order valence-electron chi connectivity index (χ0n) is 10.3. The van der Waals surface area contributed by atoms with Gasteiger partial charge in [0.05, 0.1) is 0 Å². The van der Waals surface area contributed by atoms with Crippen molar-refractivity contribution in [3.63, 3.8) is 0 Å². The van der Waals surface area contributed by atoms with Crippen LogP contribution >= 0.6 is 11.8 Å². The summed E-state index contributed by atoms with van der Waals surface area (Å²) in [6, 6.07) is 0. The van der Waals surface area contributed by atoms with E-state index in [-0.39, 0.29) is 0 Å². The summed E-state index contributed by atoms with van der Waals surface area (Å²) in [4.78, 5) is 2.67. The molecule has 0 aromatic heterocycles. The van der Waals surface area contributed by atoms with Crippen LogP contribution in [0.25, 0.3) is 0 Å². The van der Waals surface area contributed by atoms with Crippen LogP contribution in [0, 0.1) is 5.41 Å². The van der Waals surface area contributed by atoms with E-state index in [1.807, 2.05) is 0 Å². The lowest BCUT2D eigenvalue weighted by Gasteiger charge is -2.38. The van der Waals surface area contributed by atoms with Gasteiger partial charge in [-0.2, -0.15) is 11.8 Å². The van der Waals surface area contributed by atoms with Gasteiger partial charge in [0.25, 0.3) is 0 Å². The van der Waals surface area contributed by atoms with Crippen molar-refractivity contribution in [3.05, 3.63) is 0 Å². The standard InChI is InChI=1S/C12H24N2S/c1-10-6-12(7-13,9-15-10)14-5-4-11(2,3)8-14/h10H,4-9,13H2,1-3H3. The molecule has 0 bridgehead atoms. The molecule has 2 N–H and O–H groups in total. The van der Waals surface area contributed by atoms with Crippen LogP contribution in [0.2, 0.25) is 0 Å². The highest BCUT2D eigenvalue weighted by Crippen LogP contribution is 2.42. The molecule has 2 saturated heterocycles. The summed E-state index contributed by atoms with van der Waals surface area (Å²) in [6.45, 7) is 10.4. The van der Waals surface area contributed by atoms with Gasteiger partial charge in [0.2, 0.25) is 0 Å². The molecule has 2 unspecified atom stereocenters. The van der Waals surface area contributed by atoms with E-state index in [4.69, 9.17) is 5.73 Å². The summed E-state index contributed by atoms with van der Waals surface area (Å²) < 4.78 is 0. The maximum absolute atomic E-state index is 6.04. The zero-order chi connectivity index (χ0) is 11.1. The largest absolute Gasteiger partial charge is 0.329 e. The molecule has 88 valence electrons. The molecule has 2 rings (SSSR count). The van der Waals surface area contributed by atoms with Crippen LogP contribution in [0.5, 0.6) is 0 Å². The van der Waals surface area contributed by atoms with Crippen LogP contribution < -0.4 is 5.73 Å². The first-order valence-electron chi connectivity index (χ1n) is 6.04. The molecule has 0 radical (unpaired) electrons. The molecule has 2 aliphatic rings. The average molecular weight is 228 g/mol. The van der Waals surface area contributed by atoms with Crippen LogP contribution in [-0.4, -0.2) is 41.1 Å². The molecule has 2 aliphatic heterocycles. The van der Waals surface area contributed by atoms with Gasteiger partial charge in [-0.3, -0.25) is 4.90 Å². The Kier molecular flexibility index (Phi) is 3.08. The molecule has 2 fully saturated rings. The fraction of sp³-hybridized carbons (Fsp3) is 1.00. The van der Waals surface area contributed by atoms with Gasteiger partial charge in [0, 0.05) is 29.6 Å². The van der Waals surface area contributed by atoms with E-state index in [1.165, 1.54) is 31.7 Å². The number of nitrogens with zero attached hydrogens (tertiary/aromatic N) is 1. The predicted molar refractivity (Wildman–Crippen MR) is 68.3 cm³/mol. The quantitative estimate of drug-likeness (QED) is 0.783. The summed E-state index contributed by atoms with van der Waals surface area (Å²) >= 11 is 2.09. The number of hydrogen-bond acceptors (Lipinski definition) is 3. The first-order valence-corrected chi connectivity index (χ1v) is 7.09. The number of hydrogen-bond donors (Lipinski definition) is 1. The Morgan fingerprint density at radius 1 is 1.47 bits per heavy atom. The maximum Gasteiger partial charge on any atom is 0.0432 e. The second-order valence-electron chi connectivity index (χ2n) is 6.09. The van der Waals surface area contributed by atoms with Gasteiger partial charge >= 0.3 is 0 Å². The highest BCUT2D eigenvalue weighted by molar-refractivity contribution is 8.00. The van der Waals surface area contributed by atoms with Crippen molar-refractivity contribution in [2.75, 3.05) is 25.4 Å². The highest BCUT2D eigenvalue weighted by atomic mass is 32.2. The van der Waals surface area contributed by atoms with E-state index in [1.54, 1.807) is 0 Å². The normalized spacial score (nSPS) is 41.2. The van der Waals surface area contributed by atoms with Crippen molar-refractivity contribution >= 4 is 11.8 Å². The molecule has 0 aromatic rings. The molecule has 0 aromatic carbocycles. The smallest absolute Gasteiger partial charge is 0.0432 e. The number of rotatable bonds is 2. The van der Waals surface area contributed by atoms with Crippen molar-refractivity contribution in [2.45, 2.75) is 44.4 Å². The number of thioether (sulfide) groups is 1. The predicted octanol–water partition coefficient (Wildman–Crippen LogP) is 1.94. The molecular weight excluding hydrogens is 204 g/mol. The van der Waals surface area contributed by atoms with Crippen molar-refractivity contribution in [1.82, 2.24) is 4.90 Å². The molecular formula is C12H24N2S. The Morgan fingerprint density at radius 3 is 2.60 bits per heavy atom. The summed E-state index contributed by atoms with van der Waals surface area (Å²) in [7, 11) is 0. The SMILES string of the molecule is CC1CC(CN)(N2CCC(C)(C)C2)CS1. The molecule has 3 heteroatoms. The molecule has 0 spiro atoms. The zero-order valence-corrected chi connectivity index (χ0v) is 11.1. The van der Waals surface area contributed by atoms with Crippen LogP contribution in [0.1, 0.15) is 33.6 Å². The van der Waals surface area contributed by atoms with E-state index in [9.17, 15) is 0 Å². The Labute approximate surface area is 98.0 Å². The second-order valence-corrected chi connectivity index (χ2v) is 7.52. The van der Waals surface area contributed by atoms with Crippen molar-refractivity contribution in [2.24, 2.45) is 11.1 Å². The molecule has 0 saturated carbocycles. The minimum atomic E-state index is 0.317. The summed E-state index contributed by atoms with van der Waals surface area (Å²) in [5, 5.41) is 0.789. The van der Waals surface area contributed by atoms with Gasteiger partial charge in [0.1, 0.15) is 0 Å². The van der Waals surface area contributed by atoms with E-state index in [2.05, 4.69) is 37.4 Å². The van der Waals surface area contributed by atoms with Crippen molar-refractivity contribution < 1.29 is 0 Å². The average Bonchev–Trinajstić information content (AvgIpc) is 2.70. The van der Waals surface area contributed by atoms with E-state index in [0.29, 0.717) is 11.0 Å². The lowest BCUT2D eigenvalue weighted by Crippen LogP contribution is -2.53. The maximum atomic E-state index is 6.04. The lowest BCUT2D eigenvalue weighted by atomic mass is 9.91. The van der Waals surface area contributed by atoms with Gasteiger partial charge in [-0.05, 0) is 24.8 Å². The van der Waals surface area contributed by atoms with E-state index in [0.717, 1.165) is 11.8 Å². The molecule has 2 heterocycles. The Morgan fingerprint density at radius 2 is 2.20 bits per heavy atom. The van der Waals surface area contributed by atoms with Gasteiger partial charge in [-0.1, -0.05) is 20.8 Å². The Balaban J connectivity index is 2.08. The van der Waals surface area contributed by atoms with Gasteiger partial charge < -0.3 is 5.73 Å². The highest BCUT2D eigenvalue weighted by Gasteiger charge is 2.46. The molecule has 0 amide bonds. The van der Waals surface area contributed by atoms with Crippen LogP contribution in [0.4, 0.5) is 0 Å². The van der Waals surface area contributed by atoms with E-state index >= 15 is 0 Å². The molecule has 15 heavy (non-hydrogen) atoms. The van der Waals surface area contributed by atoms with Crippen LogP contribution in [0.15, 0.2) is 0 Å². The van der Waals surface area contributed by atoms with Gasteiger partial charge in [-0.25, -0.2) is 0 Å². The van der Waals surface area contributed by atoms with E-state index < -0.39 is 0 Å². The van der Waals surface area contributed by atoms with Crippen molar-refractivity contribution in [3.8, 4) is 0 Å². The van der Waals surface area contributed by atoms with Crippen LogP contribution in [0.3, 0.4) is 0 Å². The number of nitrogens with two attached hydrogens (primary N) is 1. The minimum Gasteiger partial charge on any atom is -0.329 e. The summed E-state index contributed by atoms with van der Waals surface area (Å²) in [5.41, 5.74) is 6.86. The first kappa shape index (κ1) is 11.7. The number of likely N-dealkylation sites (tertiary alicyclic amines) is 1. The third-order valence-corrected chi connectivity index (χ3v) is 5.47. The van der Waals surface area contributed by atoms with Gasteiger partial charge in [0.15, 0.2) is 0 Å². The molecule has 0 aliphatic carbocycles. The third-order valence-electron chi connectivity index (χ3n) is 4.03. The Bertz CT molecular complexity index is 242. The monoisotopic (exact) mass is 228 g/mol. The van der Waals surface area contributed by atoms with Crippen molar-refractivity contribution in [1.29, 1.82) is 0 Å². The lowest BCUT2D eigenvalue weighted by molar-refractivity contribution is 0.131. The Hall–Kier alpha value is 0.270. The summed E-state index contributed by atoms with van der Waals surface area (Å²) in [5.74, 6) is 1.24.